The van der Waals surface area contributed by atoms with Crippen molar-refractivity contribution in [2.45, 2.75) is 18.9 Å². The summed E-state index contributed by atoms with van der Waals surface area (Å²) in [5.74, 6) is 1.61. The van der Waals surface area contributed by atoms with Gasteiger partial charge in [-0.2, -0.15) is 0 Å². The molecule has 1 saturated heterocycles. The standard InChI is InChI=1S/C29H29FN4OS/c1-33-14-15-34(18-21(33)12-10-19-6-5-7-22(16-19)35-2)28-27-23-8-3-4-9-26(23)36-29(27)32-25-17-20(30)11-13-24(25)31-28/h3-9,11,13,16-17,21,32H,10,12,14-15,18H2,1-2H3. The van der Waals surface area contributed by atoms with E-state index in [2.05, 4.69) is 64.6 Å². The number of nitrogens with one attached hydrogen (secondary N) is 1. The van der Waals surface area contributed by atoms with Crippen LogP contribution in [0.4, 0.5) is 20.8 Å². The Morgan fingerprint density at radius 3 is 2.86 bits per heavy atom. The number of likely N-dealkylation sites (N-methyl/N-ethyl adjacent to an activating group) is 1. The van der Waals surface area contributed by atoms with Crippen molar-refractivity contribution in [2.75, 3.05) is 39.1 Å². The van der Waals surface area contributed by atoms with E-state index < -0.39 is 0 Å². The molecule has 3 aromatic carbocycles. The van der Waals surface area contributed by atoms with E-state index in [0.29, 0.717) is 11.7 Å². The van der Waals surface area contributed by atoms with Crippen LogP contribution in [0, 0.1) is 5.82 Å². The molecule has 0 aliphatic carbocycles. The Bertz CT molecular complexity index is 1450. The molecular formula is C29H29FN4OS. The van der Waals surface area contributed by atoms with Crippen LogP contribution in [0.25, 0.3) is 10.1 Å². The molecular weight excluding hydrogens is 471 g/mol. The summed E-state index contributed by atoms with van der Waals surface area (Å²) < 4.78 is 20.7. The number of hydrogen-bond donors (Lipinski definition) is 1. The fourth-order valence-corrected chi connectivity index (χ4v) is 6.30. The van der Waals surface area contributed by atoms with E-state index in [4.69, 9.17) is 9.73 Å². The number of rotatable bonds is 4. The highest BCUT2D eigenvalue weighted by atomic mass is 32.1. The summed E-state index contributed by atoms with van der Waals surface area (Å²) in [6.45, 7) is 2.74. The van der Waals surface area contributed by atoms with Crippen molar-refractivity contribution in [3.63, 3.8) is 0 Å². The Balaban J connectivity index is 1.34. The molecule has 2 aliphatic heterocycles. The highest BCUT2D eigenvalue weighted by molar-refractivity contribution is 7.23. The molecule has 1 aromatic heterocycles. The molecule has 1 atom stereocenters. The molecule has 0 amide bonds. The van der Waals surface area contributed by atoms with Crippen molar-refractivity contribution < 1.29 is 9.13 Å². The zero-order chi connectivity index (χ0) is 24.6. The average Bonchev–Trinajstić information content (AvgIpc) is 3.17. The lowest BCUT2D eigenvalue weighted by molar-refractivity contribution is 0.134. The largest absolute Gasteiger partial charge is 0.497 e. The SMILES string of the molecule is COc1cccc(CCC2CN(C3=Nc4ccc(F)cc4Nc4sc5ccccc5c43)CCN2C)c1. The van der Waals surface area contributed by atoms with Gasteiger partial charge in [-0.1, -0.05) is 30.3 Å². The van der Waals surface area contributed by atoms with Crippen LogP contribution in [-0.2, 0) is 6.42 Å². The second kappa shape index (κ2) is 9.56. The number of piperazine rings is 1. The molecule has 1 fully saturated rings. The fourth-order valence-electron chi connectivity index (χ4n) is 5.19. The maximum Gasteiger partial charge on any atom is 0.140 e. The van der Waals surface area contributed by atoms with Crippen LogP contribution in [0.15, 0.2) is 71.7 Å². The predicted octanol–water partition coefficient (Wildman–Crippen LogP) is 6.43. The third-order valence-corrected chi connectivity index (χ3v) is 8.32. The first kappa shape index (κ1) is 23.0. The van der Waals surface area contributed by atoms with Crippen LogP contribution in [0.5, 0.6) is 5.75 Å². The fraction of sp³-hybridized carbons (Fsp3) is 0.276. The highest BCUT2D eigenvalue weighted by Crippen LogP contribution is 2.43. The van der Waals surface area contributed by atoms with E-state index in [1.807, 2.05) is 6.07 Å². The summed E-state index contributed by atoms with van der Waals surface area (Å²) in [6.07, 6.45) is 2.04. The number of benzene rings is 3. The topological polar surface area (TPSA) is 40.1 Å². The van der Waals surface area contributed by atoms with Crippen LogP contribution in [0.3, 0.4) is 0 Å². The first-order chi connectivity index (χ1) is 17.6. The number of aliphatic imine (C=N–C) groups is 1. The van der Waals surface area contributed by atoms with Gasteiger partial charge in [0.1, 0.15) is 22.4 Å². The monoisotopic (exact) mass is 500 g/mol. The van der Waals surface area contributed by atoms with Gasteiger partial charge >= 0.3 is 0 Å². The maximum absolute atomic E-state index is 14.1. The Kier molecular flexibility index (Phi) is 6.11. The second-order valence-electron chi connectivity index (χ2n) is 9.49. The second-order valence-corrected chi connectivity index (χ2v) is 10.5. The lowest BCUT2D eigenvalue weighted by Crippen LogP contribution is -2.53. The first-order valence-corrected chi connectivity index (χ1v) is 13.2. The molecule has 0 saturated carbocycles. The van der Waals surface area contributed by atoms with Gasteiger partial charge in [0, 0.05) is 35.8 Å². The van der Waals surface area contributed by atoms with Gasteiger partial charge in [0.25, 0.3) is 0 Å². The lowest BCUT2D eigenvalue weighted by Gasteiger charge is -2.41. The van der Waals surface area contributed by atoms with Gasteiger partial charge in [-0.25, -0.2) is 9.38 Å². The number of fused-ring (bicyclic) bond motifs is 4. The quantitative estimate of drug-likeness (QED) is 0.350. The Morgan fingerprint density at radius 1 is 1.08 bits per heavy atom. The van der Waals surface area contributed by atoms with E-state index in [0.717, 1.165) is 60.3 Å². The van der Waals surface area contributed by atoms with E-state index in [1.54, 1.807) is 24.5 Å². The van der Waals surface area contributed by atoms with E-state index in [1.165, 1.54) is 27.8 Å². The third-order valence-electron chi connectivity index (χ3n) is 7.23. The molecule has 0 bridgehead atoms. The summed E-state index contributed by atoms with van der Waals surface area (Å²) in [5.41, 5.74) is 3.88. The molecule has 3 heterocycles. The minimum absolute atomic E-state index is 0.264. The van der Waals surface area contributed by atoms with Crippen molar-refractivity contribution in [2.24, 2.45) is 4.99 Å². The Hall–Kier alpha value is -3.42. The van der Waals surface area contributed by atoms with Crippen LogP contribution < -0.4 is 10.1 Å². The predicted molar refractivity (Wildman–Crippen MR) is 147 cm³/mol. The number of thiophene rings is 1. The number of methoxy groups -OCH3 is 1. The van der Waals surface area contributed by atoms with Crippen LogP contribution in [0.2, 0.25) is 0 Å². The normalized spacial score (nSPS) is 17.7. The van der Waals surface area contributed by atoms with Crippen molar-refractivity contribution >= 4 is 43.6 Å². The van der Waals surface area contributed by atoms with Crippen LogP contribution in [0.1, 0.15) is 17.5 Å². The zero-order valence-corrected chi connectivity index (χ0v) is 21.3. The molecule has 2 aliphatic rings. The van der Waals surface area contributed by atoms with Gasteiger partial charge in [-0.15, -0.1) is 11.3 Å². The van der Waals surface area contributed by atoms with Gasteiger partial charge in [-0.05, 0) is 61.9 Å². The number of amidine groups is 1. The van der Waals surface area contributed by atoms with Crippen molar-refractivity contribution in [1.82, 2.24) is 9.80 Å². The van der Waals surface area contributed by atoms with Crippen LogP contribution in [-0.4, -0.2) is 55.5 Å². The minimum Gasteiger partial charge on any atom is -0.497 e. The smallest absolute Gasteiger partial charge is 0.140 e. The average molecular weight is 501 g/mol. The molecule has 36 heavy (non-hydrogen) atoms. The molecule has 0 radical (unpaired) electrons. The molecule has 4 aromatic rings. The number of hydrogen-bond acceptors (Lipinski definition) is 6. The van der Waals surface area contributed by atoms with E-state index in [9.17, 15) is 4.39 Å². The molecule has 5 nitrogen and oxygen atoms in total. The van der Waals surface area contributed by atoms with Crippen molar-refractivity contribution in [1.29, 1.82) is 0 Å². The summed E-state index contributed by atoms with van der Waals surface area (Å²) in [4.78, 5) is 10.0. The van der Waals surface area contributed by atoms with E-state index >= 15 is 0 Å². The summed E-state index contributed by atoms with van der Waals surface area (Å²) in [7, 11) is 3.93. The first-order valence-electron chi connectivity index (χ1n) is 12.3. The van der Waals surface area contributed by atoms with Gasteiger partial charge < -0.3 is 15.0 Å². The van der Waals surface area contributed by atoms with Gasteiger partial charge in [-0.3, -0.25) is 4.90 Å². The van der Waals surface area contributed by atoms with Crippen LogP contribution >= 0.6 is 11.3 Å². The van der Waals surface area contributed by atoms with Gasteiger partial charge in [0.2, 0.25) is 0 Å². The van der Waals surface area contributed by atoms with Crippen molar-refractivity contribution in [3.8, 4) is 5.75 Å². The number of aryl methyl sites for hydroxylation is 1. The molecule has 0 spiro atoms. The summed E-state index contributed by atoms with van der Waals surface area (Å²) in [6, 6.07) is 22.0. The zero-order valence-electron chi connectivity index (χ0n) is 20.5. The molecule has 1 N–H and O–H groups in total. The molecule has 184 valence electrons. The number of halogens is 1. The summed E-state index contributed by atoms with van der Waals surface area (Å²) >= 11 is 1.70. The van der Waals surface area contributed by atoms with Crippen molar-refractivity contribution in [3.05, 3.63) is 83.7 Å². The van der Waals surface area contributed by atoms with E-state index in [-0.39, 0.29) is 5.82 Å². The lowest BCUT2D eigenvalue weighted by atomic mass is 10.0. The molecule has 1 unspecified atom stereocenters. The number of ether oxygens (including phenoxy) is 1. The number of nitrogens with zero attached hydrogens (tertiary/aromatic N) is 3. The maximum atomic E-state index is 14.1. The Morgan fingerprint density at radius 2 is 1.97 bits per heavy atom. The Labute approximate surface area is 214 Å². The summed E-state index contributed by atoms with van der Waals surface area (Å²) in [5, 5.41) is 5.70. The minimum atomic E-state index is -0.264. The van der Waals surface area contributed by atoms with Gasteiger partial charge in [0.05, 0.1) is 24.0 Å². The molecule has 7 heteroatoms. The highest BCUT2D eigenvalue weighted by Gasteiger charge is 2.31. The number of anilines is 2. The third kappa shape index (κ3) is 4.33. The molecule has 6 rings (SSSR count). The van der Waals surface area contributed by atoms with Gasteiger partial charge in [0.15, 0.2) is 0 Å².